The average molecular weight is 244 g/mol. The summed E-state index contributed by atoms with van der Waals surface area (Å²) in [4.78, 5) is 2.62. The fourth-order valence-corrected chi connectivity index (χ4v) is 3.67. The van der Waals surface area contributed by atoms with Crippen LogP contribution in [-0.2, 0) is 5.41 Å². The zero-order chi connectivity index (χ0) is 12.6. The number of para-hydroxylation sites is 1. The van der Waals surface area contributed by atoms with Crippen LogP contribution in [0.4, 0.5) is 5.69 Å². The van der Waals surface area contributed by atoms with E-state index in [1.165, 1.54) is 44.7 Å². The lowest BCUT2D eigenvalue weighted by Gasteiger charge is -2.35. The van der Waals surface area contributed by atoms with Gasteiger partial charge in [-0.15, -0.1) is 0 Å². The van der Waals surface area contributed by atoms with Gasteiger partial charge in [-0.05, 0) is 43.5 Å². The molecule has 1 aromatic rings. The Morgan fingerprint density at radius 2 is 1.94 bits per heavy atom. The van der Waals surface area contributed by atoms with E-state index in [4.69, 9.17) is 0 Å². The van der Waals surface area contributed by atoms with E-state index in [2.05, 4.69) is 48.3 Å². The van der Waals surface area contributed by atoms with Crippen LogP contribution in [0.1, 0.15) is 32.3 Å². The van der Waals surface area contributed by atoms with Crippen molar-refractivity contribution in [2.24, 2.45) is 5.92 Å². The third-order valence-corrected chi connectivity index (χ3v) is 4.46. The Morgan fingerprint density at radius 1 is 1.22 bits per heavy atom. The van der Waals surface area contributed by atoms with Crippen LogP contribution >= 0.6 is 0 Å². The van der Waals surface area contributed by atoms with Crippen LogP contribution < -0.4 is 10.2 Å². The van der Waals surface area contributed by atoms with Crippen LogP contribution in [0.25, 0.3) is 0 Å². The van der Waals surface area contributed by atoms with Crippen molar-refractivity contribution in [2.45, 2.75) is 32.1 Å². The molecule has 18 heavy (non-hydrogen) atoms. The maximum absolute atomic E-state index is 3.50. The molecule has 0 atom stereocenters. The van der Waals surface area contributed by atoms with Gasteiger partial charge in [0.15, 0.2) is 0 Å². The van der Waals surface area contributed by atoms with E-state index in [0.717, 1.165) is 5.92 Å². The van der Waals surface area contributed by atoms with Gasteiger partial charge in [0.25, 0.3) is 0 Å². The molecule has 2 heteroatoms. The van der Waals surface area contributed by atoms with E-state index < -0.39 is 0 Å². The minimum absolute atomic E-state index is 0.427. The summed E-state index contributed by atoms with van der Waals surface area (Å²) in [6.45, 7) is 9.39. The fraction of sp³-hybridized carbons (Fsp3) is 0.625. The van der Waals surface area contributed by atoms with Crippen molar-refractivity contribution >= 4 is 5.69 Å². The number of anilines is 1. The smallest absolute Gasteiger partial charge is 0.0405 e. The highest BCUT2D eigenvalue weighted by Crippen LogP contribution is 2.45. The molecular formula is C16H24N2. The van der Waals surface area contributed by atoms with E-state index in [1.54, 1.807) is 5.56 Å². The molecule has 0 saturated carbocycles. The van der Waals surface area contributed by atoms with Gasteiger partial charge in [-0.1, -0.05) is 32.0 Å². The Morgan fingerprint density at radius 3 is 2.67 bits per heavy atom. The highest BCUT2D eigenvalue weighted by Gasteiger charge is 2.42. The number of hydrogen-bond donors (Lipinski definition) is 1. The first-order valence-corrected chi connectivity index (χ1v) is 7.26. The summed E-state index contributed by atoms with van der Waals surface area (Å²) in [5, 5.41) is 3.50. The van der Waals surface area contributed by atoms with Crippen LogP contribution in [0.3, 0.4) is 0 Å². The Bertz CT molecular complexity index is 419. The molecule has 3 rings (SSSR count). The topological polar surface area (TPSA) is 15.3 Å². The lowest BCUT2D eigenvalue weighted by atomic mass is 9.75. The molecule has 0 aromatic heterocycles. The summed E-state index contributed by atoms with van der Waals surface area (Å²) in [5.74, 6) is 0.731. The molecule has 1 aromatic carbocycles. The summed E-state index contributed by atoms with van der Waals surface area (Å²) in [5.41, 5.74) is 3.52. The van der Waals surface area contributed by atoms with Crippen molar-refractivity contribution in [2.75, 3.05) is 31.1 Å². The molecule has 2 aliphatic heterocycles. The fourth-order valence-electron chi connectivity index (χ4n) is 3.67. The summed E-state index contributed by atoms with van der Waals surface area (Å²) in [7, 11) is 0. The van der Waals surface area contributed by atoms with Crippen molar-refractivity contribution in [3.05, 3.63) is 29.8 Å². The monoisotopic (exact) mass is 244 g/mol. The standard InChI is InChI=1S/C16H24N2/c1-13(2)11-18-12-16(7-9-17-10-8-16)14-5-3-4-6-15(14)18/h3-6,13,17H,7-12H2,1-2H3. The predicted molar refractivity (Wildman–Crippen MR) is 77.3 cm³/mol. The molecule has 2 heterocycles. The zero-order valence-corrected chi connectivity index (χ0v) is 11.6. The van der Waals surface area contributed by atoms with E-state index in [1.807, 2.05) is 0 Å². The normalized spacial score (nSPS) is 21.6. The van der Waals surface area contributed by atoms with E-state index >= 15 is 0 Å². The van der Waals surface area contributed by atoms with Crippen molar-refractivity contribution in [3.8, 4) is 0 Å². The quantitative estimate of drug-likeness (QED) is 0.860. The van der Waals surface area contributed by atoms with Gasteiger partial charge >= 0.3 is 0 Å². The summed E-state index contributed by atoms with van der Waals surface area (Å²) in [6.07, 6.45) is 2.58. The van der Waals surface area contributed by atoms with Crippen LogP contribution in [0.2, 0.25) is 0 Å². The molecule has 2 nitrogen and oxygen atoms in total. The van der Waals surface area contributed by atoms with Gasteiger partial charge in [0.05, 0.1) is 0 Å². The Hall–Kier alpha value is -1.02. The number of benzene rings is 1. The molecule has 1 spiro atoms. The number of hydrogen-bond acceptors (Lipinski definition) is 2. The van der Waals surface area contributed by atoms with Crippen molar-refractivity contribution < 1.29 is 0 Å². The van der Waals surface area contributed by atoms with Gasteiger partial charge in [0, 0.05) is 24.2 Å². The largest absolute Gasteiger partial charge is 0.370 e. The summed E-state index contributed by atoms with van der Waals surface area (Å²) < 4.78 is 0. The van der Waals surface area contributed by atoms with E-state index in [9.17, 15) is 0 Å². The molecule has 0 unspecified atom stereocenters. The molecule has 1 fully saturated rings. The lowest BCUT2D eigenvalue weighted by molar-refractivity contribution is 0.323. The molecule has 0 radical (unpaired) electrons. The Labute approximate surface area is 110 Å². The third-order valence-electron chi connectivity index (χ3n) is 4.46. The molecule has 2 aliphatic rings. The molecule has 1 saturated heterocycles. The number of piperidine rings is 1. The first-order chi connectivity index (χ1) is 8.71. The van der Waals surface area contributed by atoms with Crippen molar-refractivity contribution in [1.29, 1.82) is 0 Å². The van der Waals surface area contributed by atoms with E-state index in [-0.39, 0.29) is 0 Å². The average Bonchev–Trinajstić information content (AvgIpc) is 2.65. The number of nitrogens with zero attached hydrogens (tertiary/aromatic N) is 1. The second kappa shape index (κ2) is 4.58. The molecule has 98 valence electrons. The lowest BCUT2D eigenvalue weighted by Crippen LogP contribution is -2.43. The second-order valence-corrected chi connectivity index (χ2v) is 6.32. The second-order valence-electron chi connectivity index (χ2n) is 6.32. The number of fused-ring (bicyclic) bond motifs is 2. The Kier molecular flexibility index (Phi) is 3.06. The summed E-state index contributed by atoms with van der Waals surface area (Å²) in [6, 6.07) is 9.07. The van der Waals surface area contributed by atoms with Gasteiger partial charge in [0.2, 0.25) is 0 Å². The van der Waals surface area contributed by atoms with Gasteiger partial charge in [0.1, 0.15) is 0 Å². The van der Waals surface area contributed by atoms with Crippen LogP contribution in [0.15, 0.2) is 24.3 Å². The predicted octanol–water partition coefficient (Wildman–Crippen LogP) is 2.78. The Balaban J connectivity index is 1.95. The third kappa shape index (κ3) is 1.93. The van der Waals surface area contributed by atoms with Crippen molar-refractivity contribution in [1.82, 2.24) is 5.32 Å². The highest BCUT2D eigenvalue weighted by molar-refractivity contribution is 5.62. The molecular weight excluding hydrogens is 220 g/mol. The first kappa shape index (κ1) is 12.0. The minimum Gasteiger partial charge on any atom is -0.370 e. The maximum Gasteiger partial charge on any atom is 0.0405 e. The van der Waals surface area contributed by atoms with Gasteiger partial charge in [-0.3, -0.25) is 0 Å². The van der Waals surface area contributed by atoms with Crippen molar-refractivity contribution in [3.63, 3.8) is 0 Å². The number of nitrogens with one attached hydrogen (secondary N) is 1. The first-order valence-electron chi connectivity index (χ1n) is 7.26. The van der Waals surface area contributed by atoms with Gasteiger partial charge in [-0.25, -0.2) is 0 Å². The van der Waals surface area contributed by atoms with E-state index in [0.29, 0.717) is 5.41 Å². The number of rotatable bonds is 2. The maximum atomic E-state index is 3.50. The molecule has 1 N–H and O–H groups in total. The van der Waals surface area contributed by atoms with Gasteiger partial charge < -0.3 is 10.2 Å². The molecule has 0 amide bonds. The van der Waals surface area contributed by atoms with Crippen LogP contribution in [0, 0.1) is 5.92 Å². The molecule has 0 bridgehead atoms. The SMILES string of the molecule is CC(C)CN1CC2(CCNCC2)c2ccccc21. The van der Waals surface area contributed by atoms with Crippen LogP contribution in [0.5, 0.6) is 0 Å². The van der Waals surface area contributed by atoms with Crippen LogP contribution in [-0.4, -0.2) is 26.2 Å². The zero-order valence-electron chi connectivity index (χ0n) is 11.6. The minimum atomic E-state index is 0.427. The highest BCUT2D eigenvalue weighted by atomic mass is 15.2. The van der Waals surface area contributed by atoms with Gasteiger partial charge in [-0.2, -0.15) is 0 Å². The molecule has 0 aliphatic carbocycles. The summed E-state index contributed by atoms with van der Waals surface area (Å²) >= 11 is 0.